The molecule has 0 unspecified atom stereocenters. The van der Waals surface area contributed by atoms with E-state index in [1.54, 1.807) is 12.1 Å². The van der Waals surface area contributed by atoms with Crippen LogP contribution in [-0.2, 0) is 0 Å². The summed E-state index contributed by atoms with van der Waals surface area (Å²) in [5, 5.41) is 3.28. The Morgan fingerprint density at radius 1 is 1.60 bits per heavy atom. The second-order valence-corrected chi connectivity index (χ2v) is 4.42. The summed E-state index contributed by atoms with van der Waals surface area (Å²) < 4.78 is 5.13. The molecule has 0 saturated carbocycles. The van der Waals surface area contributed by atoms with Crippen molar-refractivity contribution in [2.75, 3.05) is 19.6 Å². The van der Waals surface area contributed by atoms with Crippen LogP contribution in [-0.4, -0.2) is 36.0 Å². The van der Waals surface area contributed by atoms with Crippen LogP contribution >= 0.6 is 0 Å². The molecule has 1 saturated heterocycles. The van der Waals surface area contributed by atoms with Gasteiger partial charge in [0.25, 0.3) is 5.91 Å². The van der Waals surface area contributed by atoms with Crippen LogP contribution in [0.25, 0.3) is 0 Å². The van der Waals surface area contributed by atoms with Gasteiger partial charge < -0.3 is 14.6 Å². The van der Waals surface area contributed by atoms with E-state index in [0.717, 1.165) is 19.6 Å². The molecule has 1 N–H and O–H groups in total. The van der Waals surface area contributed by atoms with Gasteiger partial charge in [0.2, 0.25) is 0 Å². The maximum Gasteiger partial charge on any atom is 0.290 e. The zero-order valence-electron chi connectivity index (χ0n) is 9.12. The number of piperazine rings is 1. The van der Waals surface area contributed by atoms with Crippen LogP contribution in [0, 0.1) is 0 Å². The third-order valence-electron chi connectivity index (χ3n) is 2.78. The fourth-order valence-electron chi connectivity index (χ4n) is 1.89. The van der Waals surface area contributed by atoms with Gasteiger partial charge >= 0.3 is 0 Å². The molecule has 0 aliphatic carbocycles. The van der Waals surface area contributed by atoms with Gasteiger partial charge in [-0.25, -0.2) is 0 Å². The van der Waals surface area contributed by atoms with Gasteiger partial charge in [-0.3, -0.25) is 4.79 Å². The summed E-state index contributed by atoms with van der Waals surface area (Å²) in [5.41, 5.74) is -0.151. The number of rotatable bonds is 1. The van der Waals surface area contributed by atoms with Crippen molar-refractivity contribution in [2.24, 2.45) is 0 Å². The molecule has 2 rings (SSSR count). The van der Waals surface area contributed by atoms with Crippen LogP contribution in [0.3, 0.4) is 0 Å². The van der Waals surface area contributed by atoms with Crippen LogP contribution in [0.1, 0.15) is 24.4 Å². The van der Waals surface area contributed by atoms with Crippen molar-refractivity contribution in [2.45, 2.75) is 19.4 Å². The lowest BCUT2D eigenvalue weighted by molar-refractivity contribution is 0.0446. The number of furan rings is 1. The molecule has 0 aromatic carbocycles. The second kappa shape index (κ2) is 3.70. The largest absolute Gasteiger partial charge is 0.459 e. The van der Waals surface area contributed by atoms with Crippen LogP contribution in [0.15, 0.2) is 22.8 Å². The Labute approximate surface area is 89.2 Å². The molecule has 0 spiro atoms. The Morgan fingerprint density at radius 3 is 3.00 bits per heavy atom. The molecule has 1 aliphatic heterocycles. The minimum Gasteiger partial charge on any atom is -0.459 e. The van der Waals surface area contributed by atoms with Crippen LogP contribution in [0.4, 0.5) is 0 Å². The first-order valence-electron chi connectivity index (χ1n) is 5.17. The molecule has 1 fully saturated rings. The Morgan fingerprint density at radius 2 is 2.40 bits per heavy atom. The number of carbonyl (C=O) groups excluding carboxylic acids is 1. The quantitative estimate of drug-likeness (QED) is 0.751. The van der Waals surface area contributed by atoms with Crippen LogP contribution in [0.2, 0.25) is 0 Å². The van der Waals surface area contributed by atoms with Crippen molar-refractivity contribution in [3.8, 4) is 0 Å². The molecule has 4 heteroatoms. The molecule has 0 radical (unpaired) electrons. The third kappa shape index (κ3) is 1.90. The predicted molar refractivity (Wildman–Crippen MR) is 56.7 cm³/mol. The van der Waals surface area contributed by atoms with Gasteiger partial charge in [0, 0.05) is 19.6 Å². The Bertz CT molecular complexity index is 343. The zero-order valence-corrected chi connectivity index (χ0v) is 9.12. The Kier molecular flexibility index (Phi) is 2.52. The van der Waals surface area contributed by atoms with Gasteiger partial charge in [-0.15, -0.1) is 0 Å². The molecule has 82 valence electrons. The lowest BCUT2D eigenvalue weighted by Gasteiger charge is -2.42. The predicted octanol–water partition coefficient (Wildman–Crippen LogP) is 1.10. The molecular formula is C11H16N2O2. The summed E-state index contributed by atoms with van der Waals surface area (Å²) in [4.78, 5) is 13.9. The van der Waals surface area contributed by atoms with Crippen molar-refractivity contribution in [1.29, 1.82) is 0 Å². The normalized spacial score (nSPS) is 20.3. The number of hydrogen-bond donors (Lipinski definition) is 1. The topological polar surface area (TPSA) is 45.5 Å². The van der Waals surface area contributed by atoms with E-state index in [9.17, 15) is 4.79 Å². The molecule has 1 aromatic heterocycles. The first kappa shape index (κ1) is 10.2. The summed E-state index contributed by atoms with van der Waals surface area (Å²) in [6.07, 6.45) is 1.53. The minimum atomic E-state index is -0.151. The average molecular weight is 208 g/mol. The first-order valence-corrected chi connectivity index (χ1v) is 5.17. The lowest BCUT2D eigenvalue weighted by atomic mass is 10.00. The van der Waals surface area contributed by atoms with E-state index in [0.29, 0.717) is 5.76 Å². The van der Waals surface area contributed by atoms with Crippen molar-refractivity contribution < 1.29 is 9.21 Å². The molecule has 1 aliphatic rings. The highest BCUT2D eigenvalue weighted by molar-refractivity contribution is 5.92. The van der Waals surface area contributed by atoms with E-state index in [1.165, 1.54) is 6.26 Å². The minimum absolute atomic E-state index is 0.0218. The summed E-state index contributed by atoms with van der Waals surface area (Å²) in [7, 11) is 0. The molecular weight excluding hydrogens is 192 g/mol. The highest BCUT2D eigenvalue weighted by atomic mass is 16.3. The first-order chi connectivity index (χ1) is 7.11. The molecule has 0 bridgehead atoms. The third-order valence-corrected chi connectivity index (χ3v) is 2.78. The number of nitrogens with one attached hydrogen (secondary N) is 1. The summed E-state index contributed by atoms with van der Waals surface area (Å²) in [5.74, 6) is 0.400. The average Bonchev–Trinajstić information content (AvgIpc) is 2.69. The van der Waals surface area contributed by atoms with Crippen molar-refractivity contribution in [1.82, 2.24) is 10.2 Å². The van der Waals surface area contributed by atoms with Crippen LogP contribution < -0.4 is 5.32 Å². The van der Waals surface area contributed by atoms with E-state index in [4.69, 9.17) is 4.42 Å². The van der Waals surface area contributed by atoms with Crippen molar-refractivity contribution >= 4 is 5.91 Å². The van der Waals surface area contributed by atoms with Gasteiger partial charge in [0.1, 0.15) is 0 Å². The highest BCUT2D eigenvalue weighted by Gasteiger charge is 2.34. The smallest absolute Gasteiger partial charge is 0.290 e. The fourth-order valence-corrected chi connectivity index (χ4v) is 1.89. The number of amides is 1. The van der Waals surface area contributed by atoms with Gasteiger partial charge in [-0.05, 0) is 26.0 Å². The SMILES string of the molecule is CC1(C)CNCCN1C(=O)c1ccco1. The number of hydrogen-bond acceptors (Lipinski definition) is 3. The van der Waals surface area contributed by atoms with Gasteiger partial charge in [-0.1, -0.05) is 0 Å². The van der Waals surface area contributed by atoms with Gasteiger partial charge in [0.15, 0.2) is 5.76 Å². The molecule has 1 amide bonds. The molecule has 15 heavy (non-hydrogen) atoms. The number of nitrogens with zero attached hydrogens (tertiary/aromatic N) is 1. The maximum absolute atomic E-state index is 12.1. The van der Waals surface area contributed by atoms with Gasteiger partial charge in [0.05, 0.1) is 11.8 Å². The van der Waals surface area contributed by atoms with Crippen molar-refractivity contribution in [3.63, 3.8) is 0 Å². The van der Waals surface area contributed by atoms with Crippen LogP contribution in [0.5, 0.6) is 0 Å². The monoisotopic (exact) mass is 208 g/mol. The Balaban J connectivity index is 2.19. The highest BCUT2D eigenvalue weighted by Crippen LogP contribution is 2.19. The molecule has 1 aromatic rings. The summed E-state index contributed by atoms with van der Waals surface area (Å²) in [6, 6.07) is 3.45. The van der Waals surface area contributed by atoms with Crippen molar-refractivity contribution in [3.05, 3.63) is 24.2 Å². The van der Waals surface area contributed by atoms with E-state index in [-0.39, 0.29) is 11.4 Å². The molecule has 2 heterocycles. The van der Waals surface area contributed by atoms with E-state index < -0.39 is 0 Å². The van der Waals surface area contributed by atoms with E-state index >= 15 is 0 Å². The number of carbonyl (C=O) groups is 1. The van der Waals surface area contributed by atoms with E-state index in [1.807, 2.05) is 4.90 Å². The molecule has 4 nitrogen and oxygen atoms in total. The lowest BCUT2D eigenvalue weighted by Crippen LogP contribution is -2.59. The fraction of sp³-hybridized carbons (Fsp3) is 0.545. The molecule has 0 atom stereocenters. The zero-order chi connectivity index (χ0) is 10.9. The van der Waals surface area contributed by atoms with E-state index in [2.05, 4.69) is 19.2 Å². The van der Waals surface area contributed by atoms with Gasteiger partial charge in [-0.2, -0.15) is 0 Å². The Hall–Kier alpha value is -1.29. The standard InChI is InChI=1S/C11H16N2O2/c1-11(2)8-12-5-6-13(11)10(14)9-4-3-7-15-9/h3-4,7,12H,5-6,8H2,1-2H3. The summed E-state index contributed by atoms with van der Waals surface area (Å²) in [6.45, 7) is 6.50. The maximum atomic E-state index is 12.1. The summed E-state index contributed by atoms with van der Waals surface area (Å²) >= 11 is 0. The second-order valence-electron chi connectivity index (χ2n) is 4.42.